The van der Waals surface area contributed by atoms with Crippen molar-refractivity contribution in [1.82, 2.24) is 14.7 Å². The van der Waals surface area contributed by atoms with E-state index >= 15 is 0 Å². The molecule has 0 unspecified atom stereocenters. The highest BCUT2D eigenvalue weighted by Crippen LogP contribution is 2.26. The standard InChI is InChI=1S/C18H22N4O4/c1-25-11-16(23)21-8-7-12(10-21)17(24)15-9-20-22(18(15)19)13-3-5-14(26-2)6-4-13/h3-6,9,12H,7-8,10-11,19H2,1-2H3/t12-/m0/s1. The second-order valence-electron chi connectivity index (χ2n) is 6.18. The molecule has 8 heteroatoms. The molecular weight excluding hydrogens is 336 g/mol. The van der Waals surface area contributed by atoms with Crippen molar-refractivity contribution >= 4 is 17.5 Å². The number of amides is 1. The van der Waals surface area contributed by atoms with Crippen LogP contribution in [-0.2, 0) is 9.53 Å². The van der Waals surface area contributed by atoms with Crippen LogP contribution in [0.25, 0.3) is 5.69 Å². The number of anilines is 1. The largest absolute Gasteiger partial charge is 0.497 e. The maximum absolute atomic E-state index is 12.8. The van der Waals surface area contributed by atoms with Gasteiger partial charge >= 0.3 is 0 Å². The van der Waals surface area contributed by atoms with Gasteiger partial charge in [0.25, 0.3) is 0 Å². The lowest BCUT2D eigenvalue weighted by Crippen LogP contribution is -2.32. The molecule has 1 aromatic heterocycles. The van der Waals surface area contributed by atoms with Crippen LogP contribution in [0.5, 0.6) is 5.75 Å². The minimum atomic E-state index is -0.272. The molecule has 0 spiro atoms. The van der Waals surface area contributed by atoms with Crippen LogP contribution in [0, 0.1) is 5.92 Å². The molecule has 0 bridgehead atoms. The number of nitrogens with two attached hydrogens (primary N) is 1. The van der Waals surface area contributed by atoms with Crippen LogP contribution >= 0.6 is 0 Å². The topological polar surface area (TPSA) is 99.7 Å². The minimum absolute atomic E-state index is 0.0262. The molecule has 1 aliphatic heterocycles. The number of aromatic nitrogens is 2. The van der Waals surface area contributed by atoms with Gasteiger partial charge in [0.15, 0.2) is 5.78 Å². The van der Waals surface area contributed by atoms with Gasteiger partial charge in [-0.1, -0.05) is 0 Å². The Morgan fingerprint density at radius 3 is 2.65 bits per heavy atom. The van der Waals surface area contributed by atoms with Gasteiger partial charge in [0.2, 0.25) is 5.91 Å². The molecule has 1 aliphatic rings. The summed E-state index contributed by atoms with van der Waals surface area (Å²) in [5, 5.41) is 4.25. The van der Waals surface area contributed by atoms with Crippen molar-refractivity contribution < 1.29 is 19.1 Å². The first-order valence-electron chi connectivity index (χ1n) is 8.34. The van der Waals surface area contributed by atoms with Crippen molar-refractivity contribution in [2.24, 2.45) is 5.92 Å². The van der Waals surface area contributed by atoms with E-state index in [2.05, 4.69) is 5.10 Å². The van der Waals surface area contributed by atoms with Gasteiger partial charge in [0.1, 0.15) is 18.2 Å². The maximum Gasteiger partial charge on any atom is 0.248 e. The SMILES string of the molecule is COCC(=O)N1CC[C@H](C(=O)c2cnn(-c3ccc(OC)cc3)c2N)C1. The average Bonchev–Trinajstić information content (AvgIpc) is 3.29. The van der Waals surface area contributed by atoms with Gasteiger partial charge in [-0.05, 0) is 30.7 Å². The molecule has 1 amide bonds. The Labute approximate surface area is 151 Å². The summed E-state index contributed by atoms with van der Waals surface area (Å²) in [5.74, 6) is 0.552. The number of methoxy groups -OCH3 is 2. The monoisotopic (exact) mass is 358 g/mol. The number of carbonyl (C=O) groups excluding carboxylic acids is 2. The number of ether oxygens (including phenoxy) is 2. The second-order valence-corrected chi connectivity index (χ2v) is 6.18. The fourth-order valence-corrected chi connectivity index (χ4v) is 3.11. The third kappa shape index (κ3) is 3.41. The van der Waals surface area contributed by atoms with Crippen molar-refractivity contribution in [2.45, 2.75) is 6.42 Å². The quantitative estimate of drug-likeness (QED) is 0.778. The number of carbonyl (C=O) groups is 2. The van der Waals surface area contributed by atoms with Crippen LogP contribution in [0.4, 0.5) is 5.82 Å². The Hall–Kier alpha value is -2.87. The molecule has 2 heterocycles. The van der Waals surface area contributed by atoms with Gasteiger partial charge in [0.05, 0.1) is 24.6 Å². The highest BCUT2D eigenvalue weighted by atomic mass is 16.5. The van der Waals surface area contributed by atoms with E-state index in [4.69, 9.17) is 15.2 Å². The summed E-state index contributed by atoms with van der Waals surface area (Å²) in [4.78, 5) is 26.4. The van der Waals surface area contributed by atoms with E-state index < -0.39 is 0 Å². The molecule has 1 atom stereocenters. The molecular formula is C18H22N4O4. The Morgan fingerprint density at radius 2 is 2.00 bits per heavy atom. The molecule has 1 fully saturated rings. The third-order valence-electron chi connectivity index (χ3n) is 4.57. The molecule has 138 valence electrons. The van der Waals surface area contributed by atoms with Gasteiger partial charge in [-0.2, -0.15) is 5.10 Å². The van der Waals surface area contributed by atoms with E-state index in [-0.39, 0.29) is 24.2 Å². The molecule has 0 aliphatic carbocycles. The predicted molar refractivity (Wildman–Crippen MR) is 95.4 cm³/mol. The van der Waals surface area contributed by atoms with Crippen LogP contribution in [-0.4, -0.2) is 60.3 Å². The Bertz CT molecular complexity index is 800. The van der Waals surface area contributed by atoms with E-state index in [1.807, 2.05) is 12.1 Å². The van der Waals surface area contributed by atoms with E-state index in [0.717, 1.165) is 11.4 Å². The number of likely N-dealkylation sites (tertiary alicyclic amines) is 1. The van der Waals surface area contributed by atoms with Gasteiger partial charge in [0, 0.05) is 26.1 Å². The molecule has 3 rings (SSSR count). The summed E-state index contributed by atoms with van der Waals surface area (Å²) in [6, 6.07) is 7.23. The Morgan fingerprint density at radius 1 is 1.27 bits per heavy atom. The first-order valence-corrected chi connectivity index (χ1v) is 8.34. The normalized spacial score (nSPS) is 16.7. The summed E-state index contributed by atoms with van der Waals surface area (Å²) >= 11 is 0. The Kier molecular flexibility index (Phi) is 5.22. The summed E-state index contributed by atoms with van der Waals surface area (Å²) in [5.41, 5.74) is 7.29. The van der Waals surface area contributed by atoms with Gasteiger partial charge in [-0.25, -0.2) is 4.68 Å². The van der Waals surface area contributed by atoms with Crippen molar-refractivity contribution in [3.05, 3.63) is 36.0 Å². The van der Waals surface area contributed by atoms with Crippen LogP contribution in [0.2, 0.25) is 0 Å². The molecule has 2 N–H and O–H groups in total. The number of hydrogen-bond acceptors (Lipinski definition) is 6. The Balaban J connectivity index is 1.75. The van der Waals surface area contributed by atoms with Crippen LogP contribution in [0.3, 0.4) is 0 Å². The lowest BCUT2D eigenvalue weighted by molar-refractivity contribution is -0.134. The summed E-state index contributed by atoms with van der Waals surface area (Å²) < 4.78 is 11.5. The molecule has 0 radical (unpaired) electrons. The zero-order valence-corrected chi connectivity index (χ0v) is 14.8. The second kappa shape index (κ2) is 7.57. The maximum atomic E-state index is 12.8. The molecule has 1 saturated heterocycles. The van der Waals surface area contributed by atoms with Crippen LogP contribution in [0.1, 0.15) is 16.8 Å². The fraction of sp³-hybridized carbons (Fsp3) is 0.389. The highest BCUT2D eigenvalue weighted by Gasteiger charge is 2.33. The first kappa shape index (κ1) is 17.9. The zero-order valence-electron chi connectivity index (χ0n) is 14.8. The lowest BCUT2D eigenvalue weighted by atomic mass is 9.98. The number of rotatable bonds is 6. The van der Waals surface area contributed by atoms with Gasteiger partial charge in [-0.3, -0.25) is 9.59 Å². The predicted octanol–water partition coefficient (Wildman–Crippen LogP) is 1.14. The number of nitrogens with zero attached hydrogens (tertiary/aromatic N) is 3. The molecule has 1 aromatic carbocycles. The number of benzene rings is 1. The minimum Gasteiger partial charge on any atom is -0.497 e. The van der Waals surface area contributed by atoms with E-state index in [1.54, 1.807) is 24.1 Å². The average molecular weight is 358 g/mol. The van der Waals surface area contributed by atoms with E-state index in [0.29, 0.717) is 30.9 Å². The zero-order chi connectivity index (χ0) is 18.7. The van der Waals surface area contributed by atoms with Crippen LogP contribution < -0.4 is 10.5 Å². The van der Waals surface area contributed by atoms with Gasteiger partial charge in [-0.15, -0.1) is 0 Å². The summed E-state index contributed by atoms with van der Waals surface area (Å²) in [7, 11) is 3.07. The molecule has 0 saturated carbocycles. The first-order chi connectivity index (χ1) is 12.5. The van der Waals surface area contributed by atoms with Gasteiger partial charge < -0.3 is 20.1 Å². The van der Waals surface area contributed by atoms with E-state index in [1.165, 1.54) is 18.0 Å². The number of ketones is 1. The smallest absolute Gasteiger partial charge is 0.248 e. The van der Waals surface area contributed by atoms with Crippen molar-refractivity contribution in [3.63, 3.8) is 0 Å². The molecule has 8 nitrogen and oxygen atoms in total. The fourth-order valence-electron chi connectivity index (χ4n) is 3.11. The summed E-state index contributed by atoms with van der Waals surface area (Å²) in [6.07, 6.45) is 2.10. The third-order valence-corrected chi connectivity index (χ3v) is 4.57. The van der Waals surface area contributed by atoms with Crippen molar-refractivity contribution in [2.75, 3.05) is 39.6 Å². The highest BCUT2D eigenvalue weighted by molar-refractivity contribution is 6.02. The van der Waals surface area contributed by atoms with Crippen LogP contribution in [0.15, 0.2) is 30.5 Å². The lowest BCUT2D eigenvalue weighted by Gasteiger charge is -2.15. The van der Waals surface area contributed by atoms with Crippen molar-refractivity contribution in [1.29, 1.82) is 0 Å². The van der Waals surface area contributed by atoms with Crippen molar-refractivity contribution in [3.8, 4) is 11.4 Å². The molecule has 26 heavy (non-hydrogen) atoms. The summed E-state index contributed by atoms with van der Waals surface area (Å²) in [6.45, 7) is 0.956. The number of nitrogen functional groups attached to an aromatic ring is 1. The van der Waals surface area contributed by atoms with E-state index in [9.17, 15) is 9.59 Å². The number of Topliss-reactive ketones (excluding diaryl/α,β-unsaturated/α-hetero) is 1. The number of hydrogen-bond donors (Lipinski definition) is 1. The molecule has 2 aromatic rings.